The van der Waals surface area contributed by atoms with Crippen LogP contribution in [0.2, 0.25) is 0 Å². The van der Waals surface area contributed by atoms with Crippen LogP contribution in [-0.2, 0) is 23.8 Å². The first kappa shape index (κ1) is 56.8. The molecule has 0 aliphatic carbocycles. The van der Waals surface area contributed by atoms with Gasteiger partial charge in [-0.1, -0.05) is 182 Å². The lowest BCUT2D eigenvalue weighted by Crippen LogP contribution is -2.30. The Morgan fingerprint density at radius 3 is 1.22 bits per heavy atom. The fourth-order valence-electron chi connectivity index (χ4n) is 6.45. The Bertz CT molecular complexity index is 1170. The minimum atomic E-state index is -0.568. The van der Waals surface area contributed by atoms with Gasteiger partial charge in [0.15, 0.2) is 6.10 Å². The molecule has 0 aromatic heterocycles. The number of esters is 2. The van der Waals surface area contributed by atoms with E-state index in [9.17, 15) is 9.59 Å². The first-order valence-electron chi connectivity index (χ1n) is 24.8. The molecule has 5 nitrogen and oxygen atoms in total. The van der Waals surface area contributed by atoms with Crippen molar-refractivity contribution in [1.29, 1.82) is 0 Å². The maximum absolute atomic E-state index is 12.8. The molecule has 0 N–H and O–H groups in total. The highest BCUT2D eigenvalue weighted by molar-refractivity contribution is 5.70. The molecule has 0 heterocycles. The van der Waals surface area contributed by atoms with Crippen LogP contribution in [0.25, 0.3) is 0 Å². The predicted octanol–water partition coefficient (Wildman–Crippen LogP) is 16.7. The van der Waals surface area contributed by atoms with Crippen LogP contribution in [0.5, 0.6) is 0 Å². The van der Waals surface area contributed by atoms with Gasteiger partial charge in [0.25, 0.3) is 0 Å². The summed E-state index contributed by atoms with van der Waals surface area (Å²) in [4.78, 5) is 25.3. The summed E-state index contributed by atoms with van der Waals surface area (Å²) in [6.07, 6.45) is 67.0. The van der Waals surface area contributed by atoms with Crippen LogP contribution in [0.3, 0.4) is 0 Å². The van der Waals surface area contributed by atoms with E-state index in [0.29, 0.717) is 19.4 Å². The molecule has 60 heavy (non-hydrogen) atoms. The van der Waals surface area contributed by atoms with Crippen molar-refractivity contribution in [2.24, 2.45) is 0 Å². The summed E-state index contributed by atoms with van der Waals surface area (Å²) in [5.74, 6) is -0.450. The van der Waals surface area contributed by atoms with E-state index < -0.39 is 6.10 Å². The largest absolute Gasteiger partial charge is 0.462 e. The molecule has 0 spiro atoms. The summed E-state index contributed by atoms with van der Waals surface area (Å²) in [6, 6.07) is 0. The second-order valence-electron chi connectivity index (χ2n) is 15.9. The first-order chi connectivity index (χ1) is 29.6. The molecule has 0 saturated carbocycles. The second kappa shape index (κ2) is 50.2. The van der Waals surface area contributed by atoms with E-state index in [1.165, 1.54) is 57.8 Å². The van der Waals surface area contributed by atoms with Crippen molar-refractivity contribution in [3.05, 3.63) is 97.2 Å². The zero-order chi connectivity index (χ0) is 43.5. The van der Waals surface area contributed by atoms with Gasteiger partial charge in [-0.05, 0) is 116 Å². The van der Waals surface area contributed by atoms with Gasteiger partial charge in [0.05, 0.1) is 6.61 Å². The Hall–Kier alpha value is -3.18. The highest BCUT2D eigenvalue weighted by Crippen LogP contribution is 2.12. The highest BCUT2D eigenvalue weighted by atomic mass is 16.6. The molecule has 0 rings (SSSR count). The van der Waals surface area contributed by atoms with Gasteiger partial charge in [-0.25, -0.2) is 0 Å². The Labute approximate surface area is 371 Å². The number of carbonyl (C=O) groups is 2. The molecule has 0 aromatic carbocycles. The first-order valence-corrected chi connectivity index (χ1v) is 24.8. The van der Waals surface area contributed by atoms with Gasteiger partial charge in [0, 0.05) is 19.4 Å². The molecule has 0 aliphatic rings. The van der Waals surface area contributed by atoms with Gasteiger partial charge >= 0.3 is 11.9 Å². The Morgan fingerprint density at radius 2 is 0.750 bits per heavy atom. The summed E-state index contributed by atoms with van der Waals surface area (Å²) in [6.45, 7) is 7.48. The van der Waals surface area contributed by atoms with Gasteiger partial charge in [-0.2, -0.15) is 0 Å². The molecule has 0 aliphatic heterocycles. The Kier molecular flexibility index (Phi) is 47.5. The fraction of sp³-hybridized carbons (Fsp3) is 0.673. The number of ether oxygens (including phenoxy) is 3. The minimum absolute atomic E-state index is 0.0550. The third-order valence-corrected chi connectivity index (χ3v) is 10.1. The minimum Gasteiger partial charge on any atom is -0.462 e. The number of unbranched alkanes of at least 4 members (excludes halogenated alkanes) is 17. The van der Waals surface area contributed by atoms with Crippen LogP contribution in [0.15, 0.2) is 97.2 Å². The SMILES string of the molecule is CC/C=C\C/C=C\C/C=C\C/C=C\CCCCCOCC(COC(=O)CCCCCCC/C=C\C/C=C\C/C=C\CC)OC(=O)CCCCCCC/C=C\CCCCCC. The van der Waals surface area contributed by atoms with E-state index in [4.69, 9.17) is 14.2 Å². The van der Waals surface area contributed by atoms with E-state index in [-0.39, 0.29) is 25.2 Å². The van der Waals surface area contributed by atoms with E-state index in [0.717, 1.165) is 122 Å². The number of hydrogen-bond donors (Lipinski definition) is 0. The van der Waals surface area contributed by atoms with E-state index in [1.54, 1.807) is 0 Å². The molecule has 342 valence electrons. The standard InChI is InChI=1S/C55H92O5/c1-4-7-10-13-16-19-22-25-27-29-32-35-38-41-44-47-50-58-51-53(60-55(57)49-46-43-40-37-34-30-24-21-18-15-12-9-6-3)52-59-54(56)48-45-42-39-36-33-31-28-26-23-20-17-14-11-8-5-2/h7-8,10-11,16-17,19-21,24-28,32,35,53H,4-6,9,12-15,18,22-23,29-31,33-34,36-52H2,1-3H3/b10-7-,11-8-,19-16-,20-17-,24-21-,27-25-,28-26-,35-32-. The third kappa shape index (κ3) is 47.5. The zero-order valence-corrected chi connectivity index (χ0v) is 39.2. The molecule has 0 fully saturated rings. The molecule has 1 atom stereocenters. The molecule has 0 saturated heterocycles. The van der Waals surface area contributed by atoms with Crippen molar-refractivity contribution in [2.45, 2.75) is 219 Å². The molecule has 0 aromatic rings. The third-order valence-electron chi connectivity index (χ3n) is 10.1. The van der Waals surface area contributed by atoms with E-state index >= 15 is 0 Å². The maximum Gasteiger partial charge on any atom is 0.306 e. The van der Waals surface area contributed by atoms with Crippen molar-refractivity contribution >= 4 is 11.9 Å². The van der Waals surface area contributed by atoms with Crippen molar-refractivity contribution in [1.82, 2.24) is 0 Å². The van der Waals surface area contributed by atoms with Gasteiger partial charge < -0.3 is 14.2 Å². The average molecular weight is 833 g/mol. The van der Waals surface area contributed by atoms with E-state index in [1.807, 2.05) is 0 Å². The van der Waals surface area contributed by atoms with Gasteiger partial charge in [-0.3, -0.25) is 9.59 Å². The maximum atomic E-state index is 12.8. The molecule has 1 unspecified atom stereocenters. The van der Waals surface area contributed by atoms with Crippen molar-refractivity contribution in [3.63, 3.8) is 0 Å². The highest BCUT2D eigenvalue weighted by Gasteiger charge is 2.17. The molecular weight excluding hydrogens is 741 g/mol. The van der Waals surface area contributed by atoms with Crippen molar-refractivity contribution < 1.29 is 23.8 Å². The summed E-state index contributed by atoms with van der Waals surface area (Å²) < 4.78 is 17.3. The number of hydrogen-bond acceptors (Lipinski definition) is 5. The van der Waals surface area contributed by atoms with Crippen molar-refractivity contribution in [3.8, 4) is 0 Å². The van der Waals surface area contributed by atoms with Gasteiger partial charge in [0.2, 0.25) is 0 Å². The average Bonchev–Trinajstić information content (AvgIpc) is 3.25. The summed E-state index contributed by atoms with van der Waals surface area (Å²) in [7, 11) is 0. The monoisotopic (exact) mass is 833 g/mol. The lowest BCUT2D eigenvalue weighted by atomic mass is 10.1. The molecule has 0 bridgehead atoms. The van der Waals surface area contributed by atoms with Crippen molar-refractivity contribution in [2.75, 3.05) is 19.8 Å². The number of rotatable bonds is 44. The van der Waals surface area contributed by atoms with Crippen LogP contribution in [0.1, 0.15) is 213 Å². The summed E-state index contributed by atoms with van der Waals surface area (Å²) in [5.41, 5.74) is 0. The van der Waals surface area contributed by atoms with Gasteiger partial charge in [-0.15, -0.1) is 0 Å². The number of allylic oxidation sites excluding steroid dienone is 16. The number of carbonyl (C=O) groups excluding carboxylic acids is 2. The lowest BCUT2D eigenvalue weighted by molar-refractivity contribution is -0.163. The fourth-order valence-corrected chi connectivity index (χ4v) is 6.45. The quantitative estimate of drug-likeness (QED) is 0.0348. The van der Waals surface area contributed by atoms with E-state index in [2.05, 4.69) is 118 Å². The molecular formula is C55H92O5. The summed E-state index contributed by atoms with van der Waals surface area (Å²) >= 11 is 0. The van der Waals surface area contributed by atoms with Crippen LogP contribution < -0.4 is 0 Å². The zero-order valence-electron chi connectivity index (χ0n) is 39.2. The Balaban J connectivity index is 4.38. The molecule has 0 radical (unpaired) electrons. The van der Waals surface area contributed by atoms with Crippen LogP contribution in [0.4, 0.5) is 0 Å². The van der Waals surface area contributed by atoms with Crippen LogP contribution in [0, 0.1) is 0 Å². The normalized spacial score (nSPS) is 13.1. The molecule has 5 heteroatoms. The second-order valence-corrected chi connectivity index (χ2v) is 15.9. The topological polar surface area (TPSA) is 61.8 Å². The van der Waals surface area contributed by atoms with Crippen LogP contribution in [-0.4, -0.2) is 37.9 Å². The van der Waals surface area contributed by atoms with Crippen LogP contribution >= 0.6 is 0 Å². The predicted molar refractivity (Wildman–Crippen MR) is 260 cm³/mol. The Morgan fingerprint density at radius 1 is 0.383 bits per heavy atom. The lowest BCUT2D eigenvalue weighted by Gasteiger charge is -2.18. The molecule has 0 amide bonds. The smallest absolute Gasteiger partial charge is 0.306 e. The summed E-state index contributed by atoms with van der Waals surface area (Å²) in [5, 5.41) is 0. The van der Waals surface area contributed by atoms with Gasteiger partial charge in [0.1, 0.15) is 6.61 Å².